The second-order valence-corrected chi connectivity index (χ2v) is 7.91. The molecule has 0 unspecified atom stereocenters. The number of rotatable bonds is 8. The van der Waals surface area contributed by atoms with Crippen LogP contribution in [0.5, 0.6) is 11.5 Å². The van der Waals surface area contributed by atoms with Gasteiger partial charge in [-0.2, -0.15) is 4.31 Å². The van der Waals surface area contributed by atoms with E-state index in [0.29, 0.717) is 0 Å². The summed E-state index contributed by atoms with van der Waals surface area (Å²) >= 11 is 0. The highest BCUT2D eigenvalue weighted by atomic mass is 32.2. The summed E-state index contributed by atoms with van der Waals surface area (Å²) in [5.74, 6) is -0.800. The van der Waals surface area contributed by atoms with Crippen LogP contribution in [0, 0.1) is 0 Å². The lowest BCUT2D eigenvalue weighted by Crippen LogP contribution is -2.35. The number of hydrogen-bond acceptors (Lipinski definition) is 7. The van der Waals surface area contributed by atoms with Crippen LogP contribution in [-0.2, 0) is 19.6 Å². The average molecular weight is 422 g/mol. The van der Waals surface area contributed by atoms with E-state index in [1.807, 2.05) is 0 Å². The van der Waals surface area contributed by atoms with Crippen molar-refractivity contribution in [3.05, 3.63) is 48.0 Å². The molecule has 0 saturated heterocycles. The first-order chi connectivity index (χ1) is 13.7. The molecule has 0 aliphatic heterocycles. The number of carbonyl (C=O) groups excluding carboxylic acids is 2. The zero-order valence-electron chi connectivity index (χ0n) is 16.5. The van der Waals surface area contributed by atoms with E-state index in [-0.39, 0.29) is 27.6 Å². The van der Waals surface area contributed by atoms with Crippen LogP contribution in [0.2, 0.25) is 0 Å². The molecule has 1 N–H and O–H groups in total. The molecule has 0 aliphatic rings. The van der Waals surface area contributed by atoms with Gasteiger partial charge >= 0.3 is 5.97 Å². The Morgan fingerprint density at radius 1 is 1.00 bits per heavy atom. The third-order valence-corrected chi connectivity index (χ3v) is 5.84. The number of nitrogens with zero attached hydrogens (tertiary/aromatic N) is 1. The Hall–Kier alpha value is -3.11. The molecule has 0 radical (unpaired) electrons. The van der Waals surface area contributed by atoms with E-state index in [0.717, 1.165) is 4.31 Å². The molecule has 2 rings (SSSR count). The number of methoxy groups -OCH3 is 3. The molecule has 0 heterocycles. The number of nitrogens with one attached hydrogen (secondary N) is 1. The summed E-state index contributed by atoms with van der Waals surface area (Å²) in [6.45, 7) is -0.466. The van der Waals surface area contributed by atoms with Crippen LogP contribution in [0.15, 0.2) is 47.4 Å². The molecule has 0 aromatic heterocycles. The second kappa shape index (κ2) is 9.39. The molecule has 0 atom stereocenters. The van der Waals surface area contributed by atoms with E-state index in [1.165, 1.54) is 52.6 Å². The van der Waals surface area contributed by atoms with Crippen LogP contribution in [0.25, 0.3) is 0 Å². The molecule has 2 aromatic carbocycles. The predicted molar refractivity (Wildman–Crippen MR) is 106 cm³/mol. The summed E-state index contributed by atoms with van der Waals surface area (Å²) in [7, 11) is 1.45. The number of sulfonamides is 1. The van der Waals surface area contributed by atoms with Crippen molar-refractivity contribution < 1.29 is 32.2 Å². The maximum atomic E-state index is 12.6. The minimum Gasteiger partial charge on any atom is -0.493 e. The van der Waals surface area contributed by atoms with Gasteiger partial charge in [-0.25, -0.2) is 13.2 Å². The van der Waals surface area contributed by atoms with Crippen molar-refractivity contribution in [1.82, 2.24) is 4.31 Å². The monoisotopic (exact) mass is 422 g/mol. The quantitative estimate of drug-likeness (QED) is 0.645. The molecular formula is C19H22N2O7S. The van der Waals surface area contributed by atoms with Crippen LogP contribution in [0.1, 0.15) is 10.4 Å². The third-order valence-electron chi connectivity index (χ3n) is 4.02. The highest BCUT2D eigenvalue weighted by Gasteiger charge is 2.24. The highest BCUT2D eigenvalue weighted by Crippen LogP contribution is 2.33. The Kier molecular flexibility index (Phi) is 7.18. The van der Waals surface area contributed by atoms with Crippen molar-refractivity contribution in [2.24, 2.45) is 0 Å². The number of esters is 1. The summed E-state index contributed by atoms with van der Waals surface area (Å²) in [6, 6.07) is 10.5. The smallest absolute Gasteiger partial charge is 0.340 e. The summed E-state index contributed by atoms with van der Waals surface area (Å²) in [6.07, 6.45) is 0. The number of carbonyl (C=O) groups is 2. The van der Waals surface area contributed by atoms with Gasteiger partial charge in [0.2, 0.25) is 15.9 Å². The molecule has 29 heavy (non-hydrogen) atoms. The number of likely N-dealkylation sites (N-methyl/N-ethyl adjacent to an activating group) is 1. The number of benzene rings is 2. The van der Waals surface area contributed by atoms with Gasteiger partial charge in [-0.05, 0) is 12.1 Å². The van der Waals surface area contributed by atoms with Gasteiger partial charge in [0.15, 0.2) is 11.5 Å². The minimum absolute atomic E-state index is 0.0343. The molecule has 0 aliphatic carbocycles. The lowest BCUT2D eigenvalue weighted by atomic mass is 10.1. The zero-order chi connectivity index (χ0) is 21.6. The van der Waals surface area contributed by atoms with Gasteiger partial charge in [0.25, 0.3) is 0 Å². The van der Waals surface area contributed by atoms with Gasteiger partial charge < -0.3 is 19.5 Å². The third kappa shape index (κ3) is 5.04. The Labute approximate surface area is 169 Å². The second-order valence-electron chi connectivity index (χ2n) is 5.87. The SMILES string of the molecule is COC(=O)c1cc(OC)c(OC)cc1NC(=O)CN(C)S(=O)(=O)c1ccccc1. The Morgan fingerprint density at radius 3 is 2.14 bits per heavy atom. The normalized spacial score (nSPS) is 11.1. The van der Waals surface area contributed by atoms with E-state index < -0.39 is 28.4 Å². The summed E-state index contributed by atoms with van der Waals surface area (Å²) in [5, 5.41) is 2.52. The number of anilines is 1. The molecule has 0 spiro atoms. The van der Waals surface area contributed by atoms with Gasteiger partial charge in [0, 0.05) is 19.2 Å². The van der Waals surface area contributed by atoms with Crippen molar-refractivity contribution in [3.8, 4) is 11.5 Å². The van der Waals surface area contributed by atoms with E-state index >= 15 is 0 Å². The number of hydrogen-bond donors (Lipinski definition) is 1. The van der Waals surface area contributed by atoms with Gasteiger partial charge in [0.1, 0.15) is 0 Å². The van der Waals surface area contributed by atoms with Crippen LogP contribution in [0.4, 0.5) is 5.69 Å². The summed E-state index contributed by atoms with van der Waals surface area (Å²) < 4.78 is 41.1. The van der Waals surface area contributed by atoms with E-state index in [2.05, 4.69) is 5.32 Å². The molecule has 1 amide bonds. The molecule has 0 saturated carbocycles. The Bertz CT molecular complexity index is 991. The summed E-state index contributed by atoms with van der Waals surface area (Å²) in [5.41, 5.74) is 0.136. The Balaban J connectivity index is 2.27. The highest BCUT2D eigenvalue weighted by molar-refractivity contribution is 7.89. The van der Waals surface area contributed by atoms with Gasteiger partial charge in [0.05, 0.1) is 44.0 Å². The molecular weight excluding hydrogens is 400 g/mol. The van der Waals surface area contributed by atoms with E-state index in [9.17, 15) is 18.0 Å². The van der Waals surface area contributed by atoms with Gasteiger partial charge in [-0.1, -0.05) is 18.2 Å². The van der Waals surface area contributed by atoms with E-state index in [1.54, 1.807) is 18.2 Å². The maximum Gasteiger partial charge on any atom is 0.340 e. The van der Waals surface area contributed by atoms with Crippen molar-refractivity contribution >= 4 is 27.6 Å². The lowest BCUT2D eigenvalue weighted by molar-refractivity contribution is -0.116. The predicted octanol–water partition coefficient (Wildman–Crippen LogP) is 1.75. The lowest BCUT2D eigenvalue weighted by Gasteiger charge is -2.18. The molecule has 2 aromatic rings. The van der Waals surface area contributed by atoms with Crippen LogP contribution < -0.4 is 14.8 Å². The fraction of sp³-hybridized carbons (Fsp3) is 0.263. The zero-order valence-corrected chi connectivity index (χ0v) is 17.3. The van der Waals surface area contributed by atoms with Crippen molar-refractivity contribution in [3.63, 3.8) is 0 Å². The standard InChI is InChI=1S/C19H22N2O7S/c1-21(29(24,25)13-8-6-5-7-9-13)12-18(22)20-15-11-17(27-3)16(26-2)10-14(15)19(23)28-4/h5-11H,12H2,1-4H3,(H,20,22). The average Bonchev–Trinajstić information content (AvgIpc) is 2.73. The fourth-order valence-corrected chi connectivity index (χ4v) is 3.66. The fourth-order valence-electron chi connectivity index (χ4n) is 2.51. The molecule has 0 bridgehead atoms. The first kappa shape index (κ1) is 22.2. The largest absolute Gasteiger partial charge is 0.493 e. The molecule has 0 fully saturated rings. The van der Waals surface area contributed by atoms with Gasteiger partial charge in [-0.15, -0.1) is 0 Å². The molecule has 9 nitrogen and oxygen atoms in total. The van der Waals surface area contributed by atoms with Crippen molar-refractivity contribution in [1.29, 1.82) is 0 Å². The van der Waals surface area contributed by atoms with Crippen molar-refractivity contribution in [2.45, 2.75) is 4.90 Å². The first-order valence-electron chi connectivity index (χ1n) is 8.40. The topological polar surface area (TPSA) is 111 Å². The van der Waals surface area contributed by atoms with E-state index in [4.69, 9.17) is 14.2 Å². The maximum absolute atomic E-state index is 12.6. The molecule has 156 valence electrons. The number of amides is 1. The molecule has 10 heteroatoms. The minimum atomic E-state index is -3.84. The van der Waals surface area contributed by atoms with Crippen LogP contribution in [0.3, 0.4) is 0 Å². The van der Waals surface area contributed by atoms with Crippen LogP contribution >= 0.6 is 0 Å². The summed E-state index contributed by atoms with van der Waals surface area (Å²) in [4.78, 5) is 24.6. The van der Waals surface area contributed by atoms with Crippen molar-refractivity contribution in [2.75, 3.05) is 40.2 Å². The van der Waals surface area contributed by atoms with Gasteiger partial charge in [-0.3, -0.25) is 4.79 Å². The first-order valence-corrected chi connectivity index (χ1v) is 9.84. The number of ether oxygens (including phenoxy) is 3. The Morgan fingerprint density at radius 2 is 1.59 bits per heavy atom. The van der Waals surface area contributed by atoms with Crippen LogP contribution in [-0.4, -0.2) is 59.5 Å².